The van der Waals surface area contributed by atoms with Gasteiger partial charge in [0.15, 0.2) is 0 Å². The summed E-state index contributed by atoms with van der Waals surface area (Å²) in [6.07, 6.45) is 6.00. The molecule has 0 fully saturated rings. The fraction of sp³-hybridized carbons (Fsp3) is 0.714. The minimum Gasteiger partial charge on any atom is -0.392 e. The van der Waals surface area contributed by atoms with Gasteiger partial charge >= 0.3 is 0 Å². The van der Waals surface area contributed by atoms with Gasteiger partial charge in [0, 0.05) is 0 Å². The summed E-state index contributed by atoms with van der Waals surface area (Å²) in [7, 11) is 0. The first-order chi connectivity index (χ1) is 3.41. The fourth-order valence-corrected chi connectivity index (χ4v) is 0.359. The highest BCUT2D eigenvalue weighted by Crippen LogP contribution is 1.85. The highest BCUT2D eigenvalue weighted by atomic mass is 16.2. The van der Waals surface area contributed by atoms with Crippen molar-refractivity contribution in [2.75, 3.05) is 6.61 Å². The zero-order valence-corrected chi connectivity index (χ0v) is 4.72. The van der Waals surface area contributed by atoms with Gasteiger partial charge in [0.05, 0.1) is 6.61 Å². The Bertz CT molecular complexity index is 48.3. The Balaban J connectivity index is 0. The van der Waals surface area contributed by atoms with E-state index in [1.54, 1.807) is 6.08 Å². The summed E-state index contributed by atoms with van der Waals surface area (Å²) in [4.78, 5) is 0. The van der Waals surface area contributed by atoms with Crippen molar-refractivity contribution in [3.05, 3.63) is 12.2 Å². The average molecular weight is 116 g/mol. The summed E-state index contributed by atoms with van der Waals surface area (Å²) in [6.45, 7) is 2.29. The van der Waals surface area contributed by atoms with Crippen molar-refractivity contribution in [2.45, 2.75) is 27.2 Å². The Hall–Kier alpha value is -0.300. The standard InChI is InChI=1S/C6H12O.CH4/c1-2-3-4-5-6-7;/h4-5,7H,2-3,6H2,1H3;1H4/b5-4+;. The minimum absolute atomic E-state index is 0. The molecule has 0 aliphatic rings. The number of allylic oxidation sites excluding steroid dienone is 1. The third-order valence-electron chi connectivity index (χ3n) is 0.727. The monoisotopic (exact) mass is 116 g/mol. The summed E-state index contributed by atoms with van der Waals surface area (Å²) < 4.78 is 0. The molecule has 0 saturated heterocycles. The first-order valence-corrected chi connectivity index (χ1v) is 2.67. The van der Waals surface area contributed by atoms with E-state index in [-0.39, 0.29) is 14.0 Å². The number of hydrogen-bond acceptors (Lipinski definition) is 1. The second-order valence-electron chi connectivity index (χ2n) is 1.44. The number of aliphatic hydroxyl groups excluding tert-OH is 1. The van der Waals surface area contributed by atoms with Crippen LogP contribution in [0.25, 0.3) is 0 Å². The van der Waals surface area contributed by atoms with Crippen LogP contribution < -0.4 is 0 Å². The van der Waals surface area contributed by atoms with Crippen LogP contribution >= 0.6 is 0 Å². The molecule has 0 unspecified atom stereocenters. The van der Waals surface area contributed by atoms with E-state index in [0.29, 0.717) is 0 Å². The molecule has 0 aliphatic heterocycles. The third-order valence-corrected chi connectivity index (χ3v) is 0.727. The van der Waals surface area contributed by atoms with E-state index < -0.39 is 0 Å². The van der Waals surface area contributed by atoms with Crippen molar-refractivity contribution < 1.29 is 5.11 Å². The van der Waals surface area contributed by atoms with Crippen LogP contribution in [0.15, 0.2) is 12.2 Å². The summed E-state index contributed by atoms with van der Waals surface area (Å²) in [5.74, 6) is 0. The molecule has 0 radical (unpaired) electrons. The van der Waals surface area contributed by atoms with E-state index in [4.69, 9.17) is 5.11 Å². The van der Waals surface area contributed by atoms with Gasteiger partial charge in [-0.05, 0) is 6.42 Å². The molecule has 1 N–H and O–H groups in total. The summed E-state index contributed by atoms with van der Waals surface area (Å²) >= 11 is 0. The van der Waals surface area contributed by atoms with Crippen molar-refractivity contribution in [3.8, 4) is 0 Å². The molecule has 50 valence electrons. The van der Waals surface area contributed by atoms with Crippen LogP contribution in [-0.2, 0) is 0 Å². The van der Waals surface area contributed by atoms with Gasteiger partial charge in [-0.1, -0.05) is 32.9 Å². The topological polar surface area (TPSA) is 20.2 Å². The van der Waals surface area contributed by atoms with E-state index in [1.807, 2.05) is 6.08 Å². The lowest BCUT2D eigenvalue weighted by Crippen LogP contribution is -1.69. The van der Waals surface area contributed by atoms with Crippen LogP contribution in [0.2, 0.25) is 0 Å². The molecule has 0 aromatic rings. The molecular weight excluding hydrogens is 100 g/mol. The van der Waals surface area contributed by atoms with Crippen molar-refractivity contribution >= 4 is 0 Å². The Labute approximate surface area is 52.0 Å². The van der Waals surface area contributed by atoms with Gasteiger partial charge in [0.25, 0.3) is 0 Å². The largest absolute Gasteiger partial charge is 0.392 e. The van der Waals surface area contributed by atoms with Crippen LogP contribution in [0.5, 0.6) is 0 Å². The third kappa shape index (κ3) is 9.20. The number of unbranched alkanes of at least 4 members (excludes halogenated alkanes) is 1. The van der Waals surface area contributed by atoms with Gasteiger partial charge in [-0.25, -0.2) is 0 Å². The van der Waals surface area contributed by atoms with Gasteiger partial charge in [-0.3, -0.25) is 0 Å². The molecule has 0 aliphatic carbocycles. The second-order valence-corrected chi connectivity index (χ2v) is 1.44. The van der Waals surface area contributed by atoms with Gasteiger partial charge < -0.3 is 5.11 Å². The smallest absolute Gasteiger partial charge is 0.0612 e. The van der Waals surface area contributed by atoms with Crippen LogP contribution in [0.3, 0.4) is 0 Å². The number of hydrogen-bond donors (Lipinski definition) is 1. The van der Waals surface area contributed by atoms with E-state index >= 15 is 0 Å². The fourth-order valence-electron chi connectivity index (χ4n) is 0.359. The van der Waals surface area contributed by atoms with E-state index in [9.17, 15) is 0 Å². The molecule has 1 heteroatoms. The molecule has 0 heterocycles. The van der Waals surface area contributed by atoms with Crippen molar-refractivity contribution in [1.82, 2.24) is 0 Å². The van der Waals surface area contributed by atoms with Gasteiger partial charge in [-0.2, -0.15) is 0 Å². The van der Waals surface area contributed by atoms with Crippen molar-refractivity contribution in [3.63, 3.8) is 0 Å². The lowest BCUT2D eigenvalue weighted by Gasteiger charge is -1.79. The van der Waals surface area contributed by atoms with Crippen molar-refractivity contribution in [2.24, 2.45) is 0 Å². The van der Waals surface area contributed by atoms with Crippen LogP contribution in [0.4, 0.5) is 0 Å². The Morgan fingerprint density at radius 3 is 2.38 bits per heavy atom. The SMILES string of the molecule is C.CCC/C=C/CO. The average Bonchev–Trinajstić information content (AvgIpc) is 1.69. The summed E-state index contributed by atoms with van der Waals surface area (Å²) in [5, 5.41) is 8.21. The van der Waals surface area contributed by atoms with E-state index in [1.165, 1.54) is 0 Å². The quantitative estimate of drug-likeness (QED) is 0.559. The Morgan fingerprint density at radius 1 is 1.38 bits per heavy atom. The Morgan fingerprint density at radius 2 is 2.00 bits per heavy atom. The molecule has 8 heavy (non-hydrogen) atoms. The van der Waals surface area contributed by atoms with Gasteiger partial charge in [-0.15, -0.1) is 0 Å². The molecule has 0 saturated carbocycles. The van der Waals surface area contributed by atoms with E-state index in [0.717, 1.165) is 12.8 Å². The molecule has 0 spiro atoms. The molecule has 0 rings (SSSR count). The van der Waals surface area contributed by atoms with E-state index in [2.05, 4.69) is 6.92 Å². The second kappa shape index (κ2) is 9.85. The molecule has 0 atom stereocenters. The highest BCUT2D eigenvalue weighted by molar-refractivity contribution is 4.79. The molecule has 0 amide bonds. The highest BCUT2D eigenvalue weighted by Gasteiger charge is 1.68. The lowest BCUT2D eigenvalue weighted by molar-refractivity contribution is 0.342. The maximum Gasteiger partial charge on any atom is 0.0612 e. The van der Waals surface area contributed by atoms with Gasteiger partial charge in [0.2, 0.25) is 0 Å². The maximum atomic E-state index is 8.21. The van der Waals surface area contributed by atoms with Crippen molar-refractivity contribution in [1.29, 1.82) is 0 Å². The number of aliphatic hydroxyl groups is 1. The zero-order chi connectivity index (χ0) is 5.54. The van der Waals surface area contributed by atoms with Crippen LogP contribution in [0, 0.1) is 0 Å². The lowest BCUT2D eigenvalue weighted by atomic mass is 10.3. The maximum absolute atomic E-state index is 8.21. The minimum atomic E-state index is 0. The molecule has 0 aromatic carbocycles. The summed E-state index contributed by atoms with van der Waals surface area (Å²) in [6, 6.07) is 0. The Kier molecular flexibility index (Phi) is 13.1. The molecule has 1 nitrogen and oxygen atoms in total. The number of rotatable bonds is 3. The van der Waals surface area contributed by atoms with Crippen LogP contribution in [-0.4, -0.2) is 11.7 Å². The zero-order valence-electron chi connectivity index (χ0n) is 4.72. The van der Waals surface area contributed by atoms with Gasteiger partial charge in [0.1, 0.15) is 0 Å². The predicted octanol–water partition coefficient (Wildman–Crippen LogP) is 1.97. The molecular formula is C7H16O. The molecule has 0 bridgehead atoms. The first-order valence-electron chi connectivity index (χ1n) is 2.67. The summed E-state index contributed by atoms with van der Waals surface area (Å²) in [5.41, 5.74) is 0. The molecule has 0 aromatic heterocycles. The first kappa shape index (κ1) is 10.6. The predicted molar refractivity (Wildman–Crippen MR) is 37.9 cm³/mol. The van der Waals surface area contributed by atoms with Crippen LogP contribution in [0.1, 0.15) is 27.2 Å². The normalized spacial score (nSPS) is 9.25.